The quantitative estimate of drug-likeness (QED) is 0.543. The predicted octanol–water partition coefficient (Wildman–Crippen LogP) is 1.96. The standard InChI is InChI=1S/C7H7ClN2O3/c1-4-5(8)3-9-7(13-2)6(4)10(11)12/h3H,1-2H3. The molecular weight excluding hydrogens is 196 g/mol. The summed E-state index contributed by atoms with van der Waals surface area (Å²) in [6.45, 7) is 1.55. The largest absolute Gasteiger partial charge is 0.476 e. The second kappa shape index (κ2) is 3.57. The van der Waals surface area contributed by atoms with Crippen molar-refractivity contribution in [1.82, 2.24) is 4.98 Å². The third kappa shape index (κ3) is 1.70. The van der Waals surface area contributed by atoms with Gasteiger partial charge in [-0.15, -0.1) is 0 Å². The molecule has 0 N–H and O–H groups in total. The minimum atomic E-state index is -0.562. The molecule has 0 fully saturated rings. The molecule has 1 heterocycles. The molecule has 5 nitrogen and oxygen atoms in total. The van der Waals surface area contributed by atoms with Crippen molar-refractivity contribution in [3.05, 3.63) is 26.9 Å². The van der Waals surface area contributed by atoms with Crippen LogP contribution in [0.1, 0.15) is 5.56 Å². The molecule has 0 radical (unpaired) electrons. The number of hydrogen-bond donors (Lipinski definition) is 0. The number of methoxy groups -OCH3 is 1. The van der Waals surface area contributed by atoms with Crippen molar-refractivity contribution in [2.24, 2.45) is 0 Å². The summed E-state index contributed by atoms with van der Waals surface area (Å²) in [5.41, 5.74) is 0.175. The summed E-state index contributed by atoms with van der Waals surface area (Å²) >= 11 is 5.66. The van der Waals surface area contributed by atoms with Gasteiger partial charge in [0.2, 0.25) is 0 Å². The van der Waals surface area contributed by atoms with E-state index in [1.54, 1.807) is 6.92 Å². The van der Waals surface area contributed by atoms with Crippen LogP contribution >= 0.6 is 11.6 Å². The second-order valence-electron chi connectivity index (χ2n) is 2.35. The van der Waals surface area contributed by atoms with Gasteiger partial charge in [-0.1, -0.05) is 11.6 Å². The fraction of sp³-hybridized carbons (Fsp3) is 0.286. The Labute approximate surface area is 79.5 Å². The highest BCUT2D eigenvalue weighted by molar-refractivity contribution is 6.31. The molecule has 0 unspecified atom stereocenters. The summed E-state index contributed by atoms with van der Waals surface area (Å²) in [6, 6.07) is 0. The van der Waals surface area contributed by atoms with Crippen LogP contribution in [-0.4, -0.2) is 17.0 Å². The van der Waals surface area contributed by atoms with E-state index >= 15 is 0 Å². The zero-order chi connectivity index (χ0) is 10.0. The Morgan fingerprint density at radius 2 is 2.31 bits per heavy atom. The van der Waals surface area contributed by atoms with E-state index in [0.717, 1.165) is 0 Å². The van der Waals surface area contributed by atoms with Crippen LogP contribution in [0.3, 0.4) is 0 Å². The highest BCUT2D eigenvalue weighted by atomic mass is 35.5. The first-order chi connectivity index (χ1) is 6.07. The Bertz CT molecular complexity index is 354. The maximum Gasteiger partial charge on any atom is 0.335 e. The van der Waals surface area contributed by atoms with E-state index in [1.807, 2.05) is 0 Å². The molecule has 0 aliphatic heterocycles. The van der Waals surface area contributed by atoms with Crippen LogP contribution in [0.4, 0.5) is 5.69 Å². The van der Waals surface area contributed by atoms with Crippen LogP contribution in [-0.2, 0) is 0 Å². The maximum absolute atomic E-state index is 10.6. The first kappa shape index (κ1) is 9.73. The van der Waals surface area contributed by atoms with Gasteiger partial charge in [0.25, 0.3) is 5.88 Å². The number of nitrogens with zero attached hydrogens (tertiary/aromatic N) is 2. The van der Waals surface area contributed by atoms with Crippen LogP contribution < -0.4 is 4.74 Å². The van der Waals surface area contributed by atoms with Crippen molar-refractivity contribution in [2.75, 3.05) is 7.11 Å². The molecule has 0 aliphatic carbocycles. The summed E-state index contributed by atoms with van der Waals surface area (Å²) in [4.78, 5) is 13.7. The fourth-order valence-corrected chi connectivity index (χ4v) is 1.05. The molecule has 0 spiro atoms. The van der Waals surface area contributed by atoms with Gasteiger partial charge in [-0.05, 0) is 6.92 Å². The molecule has 0 amide bonds. The van der Waals surface area contributed by atoms with Gasteiger partial charge in [-0.2, -0.15) is 0 Å². The average Bonchev–Trinajstić information content (AvgIpc) is 2.08. The lowest BCUT2D eigenvalue weighted by Gasteiger charge is -2.03. The van der Waals surface area contributed by atoms with Gasteiger partial charge in [0.05, 0.1) is 28.8 Å². The molecule has 1 aromatic heterocycles. The van der Waals surface area contributed by atoms with Crippen molar-refractivity contribution in [2.45, 2.75) is 6.92 Å². The number of halogens is 1. The van der Waals surface area contributed by atoms with Gasteiger partial charge in [-0.3, -0.25) is 10.1 Å². The van der Waals surface area contributed by atoms with Crippen LogP contribution in [0, 0.1) is 17.0 Å². The highest BCUT2D eigenvalue weighted by Gasteiger charge is 2.21. The van der Waals surface area contributed by atoms with E-state index < -0.39 is 4.92 Å². The Balaban J connectivity index is 3.41. The molecule has 1 aromatic rings. The van der Waals surface area contributed by atoms with E-state index in [2.05, 4.69) is 4.98 Å². The van der Waals surface area contributed by atoms with E-state index in [0.29, 0.717) is 5.56 Å². The van der Waals surface area contributed by atoms with Gasteiger partial charge in [-0.25, -0.2) is 4.98 Å². The van der Waals surface area contributed by atoms with E-state index in [1.165, 1.54) is 13.3 Å². The molecule has 0 aromatic carbocycles. The van der Waals surface area contributed by atoms with Crippen molar-refractivity contribution in [3.8, 4) is 5.88 Å². The molecule has 0 aliphatic rings. The monoisotopic (exact) mass is 202 g/mol. The number of ether oxygens (including phenoxy) is 1. The van der Waals surface area contributed by atoms with Gasteiger partial charge >= 0.3 is 5.69 Å². The zero-order valence-corrected chi connectivity index (χ0v) is 7.83. The SMILES string of the molecule is COc1ncc(Cl)c(C)c1[N+](=O)[O-]. The Kier molecular flexibility index (Phi) is 2.67. The third-order valence-electron chi connectivity index (χ3n) is 1.59. The summed E-state index contributed by atoms with van der Waals surface area (Å²) in [7, 11) is 1.32. The van der Waals surface area contributed by atoms with Gasteiger partial charge in [0.15, 0.2) is 0 Å². The van der Waals surface area contributed by atoms with E-state index in [-0.39, 0.29) is 16.6 Å². The minimum absolute atomic E-state index is 0.0214. The van der Waals surface area contributed by atoms with Gasteiger partial charge in [0, 0.05) is 0 Å². The van der Waals surface area contributed by atoms with Crippen LogP contribution in [0.5, 0.6) is 5.88 Å². The summed E-state index contributed by atoms with van der Waals surface area (Å²) in [6.07, 6.45) is 1.32. The van der Waals surface area contributed by atoms with E-state index in [4.69, 9.17) is 16.3 Å². The summed E-state index contributed by atoms with van der Waals surface area (Å²) in [5.74, 6) is -0.0214. The first-order valence-corrected chi connectivity index (χ1v) is 3.79. The Morgan fingerprint density at radius 1 is 1.69 bits per heavy atom. The lowest BCUT2D eigenvalue weighted by Crippen LogP contribution is -1.99. The van der Waals surface area contributed by atoms with Crippen molar-refractivity contribution in [3.63, 3.8) is 0 Å². The molecule has 1 rings (SSSR count). The molecule has 0 saturated heterocycles. The smallest absolute Gasteiger partial charge is 0.335 e. The van der Waals surface area contributed by atoms with Crippen LogP contribution in [0.25, 0.3) is 0 Å². The maximum atomic E-state index is 10.6. The summed E-state index contributed by atoms with van der Waals surface area (Å²) < 4.78 is 4.73. The fourth-order valence-electron chi connectivity index (χ4n) is 0.911. The first-order valence-electron chi connectivity index (χ1n) is 3.41. The number of pyridine rings is 1. The van der Waals surface area contributed by atoms with Crippen molar-refractivity contribution in [1.29, 1.82) is 0 Å². The van der Waals surface area contributed by atoms with Crippen molar-refractivity contribution >= 4 is 17.3 Å². The summed E-state index contributed by atoms with van der Waals surface area (Å²) in [5, 5.41) is 10.8. The topological polar surface area (TPSA) is 65.3 Å². The minimum Gasteiger partial charge on any atom is -0.476 e. The number of aromatic nitrogens is 1. The second-order valence-corrected chi connectivity index (χ2v) is 2.75. The molecule has 70 valence electrons. The number of hydrogen-bond acceptors (Lipinski definition) is 4. The molecule has 0 atom stereocenters. The highest BCUT2D eigenvalue weighted by Crippen LogP contribution is 2.31. The van der Waals surface area contributed by atoms with Gasteiger partial charge in [0.1, 0.15) is 0 Å². The number of rotatable bonds is 2. The zero-order valence-electron chi connectivity index (χ0n) is 7.07. The molecule has 6 heteroatoms. The third-order valence-corrected chi connectivity index (χ3v) is 1.97. The van der Waals surface area contributed by atoms with Crippen molar-refractivity contribution < 1.29 is 9.66 Å². The molecule has 0 bridgehead atoms. The lowest BCUT2D eigenvalue weighted by molar-refractivity contribution is -0.386. The van der Waals surface area contributed by atoms with Crippen LogP contribution in [0.2, 0.25) is 5.02 Å². The Hall–Kier alpha value is -1.36. The van der Waals surface area contributed by atoms with Crippen LogP contribution in [0.15, 0.2) is 6.20 Å². The molecular formula is C7H7ClN2O3. The average molecular weight is 203 g/mol. The predicted molar refractivity (Wildman–Crippen MR) is 47.2 cm³/mol. The molecule has 13 heavy (non-hydrogen) atoms. The molecule has 0 saturated carbocycles. The Morgan fingerprint density at radius 3 is 2.77 bits per heavy atom. The normalized spacial score (nSPS) is 9.77. The number of nitro groups is 1. The van der Waals surface area contributed by atoms with Gasteiger partial charge < -0.3 is 4.74 Å². The lowest BCUT2D eigenvalue weighted by atomic mass is 10.2. The van der Waals surface area contributed by atoms with E-state index in [9.17, 15) is 10.1 Å².